The highest BCUT2D eigenvalue weighted by molar-refractivity contribution is 5.94. The van der Waals surface area contributed by atoms with Crippen LogP contribution in [0.2, 0.25) is 0 Å². The standard InChI is InChI=1S/C22H26N4O/c27-22(17-8-7-15-4-1-2-5-16(15)12-17)26-11-9-19-18(14-26)13-24-21(25-19)20-6-3-10-23-20/h7-8,12-13,20,23H,1-6,9-11,14H2. The van der Waals surface area contributed by atoms with Crippen molar-refractivity contribution in [3.05, 3.63) is 58.2 Å². The smallest absolute Gasteiger partial charge is 0.254 e. The fourth-order valence-corrected chi connectivity index (χ4v) is 4.63. The van der Waals surface area contributed by atoms with E-state index < -0.39 is 0 Å². The first-order valence-corrected chi connectivity index (χ1v) is 10.3. The highest BCUT2D eigenvalue weighted by Crippen LogP contribution is 2.26. The van der Waals surface area contributed by atoms with Crippen LogP contribution >= 0.6 is 0 Å². The van der Waals surface area contributed by atoms with Crippen LogP contribution in [-0.4, -0.2) is 33.9 Å². The lowest BCUT2D eigenvalue weighted by atomic mass is 9.90. The molecule has 140 valence electrons. The summed E-state index contributed by atoms with van der Waals surface area (Å²) in [7, 11) is 0. The molecule has 2 aliphatic heterocycles. The van der Waals surface area contributed by atoms with E-state index in [2.05, 4.69) is 22.4 Å². The maximum Gasteiger partial charge on any atom is 0.254 e. The van der Waals surface area contributed by atoms with Gasteiger partial charge in [-0.3, -0.25) is 4.79 Å². The van der Waals surface area contributed by atoms with Crippen molar-refractivity contribution in [2.75, 3.05) is 13.1 Å². The number of hydrogen-bond acceptors (Lipinski definition) is 4. The molecule has 1 N–H and O–H groups in total. The van der Waals surface area contributed by atoms with E-state index in [1.165, 1.54) is 30.4 Å². The van der Waals surface area contributed by atoms with Gasteiger partial charge in [-0.2, -0.15) is 0 Å². The Labute approximate surface area is 160 Å². The van der Waals surface area contributed by atoms with E-state index in [4.69, 9.17) is 4.98 Å². The number of aryl methyl sites for hydroxylation is 2. The quantitative estimate of drug-likeness (QED) is 0.892. The monoisotopic (exact) mass is 362 g/mol. The van der Waals surface area contributed by atoms with Gasteiger partial charge >= 0.3 is 0 Å². The normalized spacial score (nSPS) is 21.6. The van der Waals surface area contributed by atoms with E-state index in [-0.39, 0.29) is 5.91 Å². The fourth-order valence-electron chi connectivity index (χ4n) is 4.63. The Morgan fingerprint density at radius 2 is 1.96 bits per heavy atom. The molecule has 0 saturated carbocycles. The molecule has 1 aliphatic carbocycles. The molecule has 0 spiro atoms. The molecule has 5 heteroatoms. The molecule has 1 aromatic heterocycles. The minimum atomic E-state index is 0.135. The van der Waals surface area contributed by atoms with Crippen molar-refractivity contribution in [2.24, 2.45) is 0 Å². The Balaban J connectivity index is 1.33. The molecule has 1 amide bonds. The highest BCUT2D eigenvalue weighted by Gasteiger charge is 2.26. The number of nitrogens with zero attached hydrogens (tertiary/aromatic N) is 3. The Hall–Kier alpha value is -2.27. The first-order valence-electron chi connectivity index (χ1n) is 10.3. The zero-order chi connectivity index (χ0) is 18.2. The van der Waals surface area contributed by atoms with Crippen LogP contribution in [0.1, 0.15) is 70.3 Å². The highest BCUT2D eigenvalue weighted by atomic mass is 16.2. The molecular weight excluding hydrogens is 336 g/mol. The van der Waals surface area contributed by atoms with Gasteiger partial charge in [0.2, 0.25) is 0 Å². The first-order chi connectivity index (χ1) is 13.3. The van der Waals surface area contributed by atoms with Crippen molar-refractivity contribution < 1.29 is 4.79 Å². The topological polar surface area (TPSA) is 58.1 Å². The number of rotatable bonds is 2. The zero-order valence-electron chi connectivity index (χ0n) is 15.7. The number of fused-ring (bicyclic) bond motifs is 2. The lowest BCUT2D eigenvalue weighted by molar-refractivity contribution is 0.0733. The van der Waals surface area contributed by atoms with Crippen LogP contribution in [0.3, 0.4) is 0 Å². The van der Waals surface area contributed by atoms with Crippen LogP contribution in [0.4, 0.5) is 0 Å². The molecule has 2 aromatic rings. The van der Waals surface area contributed by atoms with Crippen molar-refractivity contribution in [2.45, 2.75) is 57.5 Å². The maximum absolute atomic E-state index is 13.0. The average Bonchev–Trinajstić information content (AvgIpc) is 3.27. The Kier molecular flexibility index (Phi) is 4.40. The Bertz CT molecular complexity index is 873. The predicted octanol–water partition coefficient (Wildman–Crippen LogP) is 2.98. The molecule has 3 aliphatic rings. The molecule has 0 radical (unpaired) electrons. The number of amides is 1. The summed E-state index contributed by atoms with van der Waals surface area (Å²) in [5, 5.41) is 3.46. The summed E-state index contributed by atoms with van der Waals surface area (Å²) in [5.41, 5.74) is 5.81. The van der Waals surface area contributed by atoms with E-state index in [1.807, 2.05) is 17.2 Å². The van der Waals surface area contributed by atoms with Gasteiger partial charge in [0.15, 0.2) is 0 Å². The summed E-state index contributed by atoms with van der Waals surface area (Å²) in [6.45, 7) is 2.40. The number of carbonyl (C=O) groups excluding carboxylic acids is 1. The molecule has 0 bridgehead atoms. The maximum atomic E-state index is 13.0. The van der Waals surface area contributed by atoms with Gasteiger partial charge in [0.1, 0.15) is 5.82 Å². The SMILES string of the molecule is O=C(c1ccc2c(c1)CCCC2)N1CCc2nc(C3CCCN3)ncc2C1. The van der Waals surface area contributed by atoms with Gasteiger partial charge in [-0.1, -0.05) is 6.07 Å². The molecule has 1 unspecified atom stereocenters. The third kappa shape index (κ3) is 3.25. The van der Waals surface area contributed by atoms with E-state index in [9.17, 15) is 4.79 Å². The lowest BCUT2D eigenvalue weighted by Crippen LogP contribution is -2.37. The summed E-state index contributed by atoms with van der Waals surface area (Å²) >= 11 is 0. The second-order valence-corrected chi connectivity index (χ2v) is 8.02. The molecule has 5 rings (SSSR count). The molecule has 1 atom stereocenters. The molecule has 27 heavy (non-hydrogen) atoms. The van der Waals surface area contributed by atoms with Gasteiger partial charge in [-0.15, -0.1) is 0 Å². The molecule has 1 aromatic carbocycles. The van der Waals surface area contributed by atoms with Crippen molar-refractivity contribution >= 4 is 5.91 Å². The molecular formula is C22H26N4O. The lowest BCUT2D eigenvalue weighted by Gasteiger charge is -2.29. The van der Waals surface area contributed by atoms with Gasteiger partial charge in [0.25, 0.3) is 5.91 Å². The first kappa shape index (κ1) is 16.9. The Morgan fingerprint density at radius 1 is 1.07 bits per heavy atom. The number of aromatic nitrogens is 2. The van der Waals surface area contributed by atoms with Gasteiger partial charge < -0.3 is 10.2 Å². The van der Waals surface area contributed by atoms with Crippen LogP contribution in [0.25, 0.3) is 0 Å². The number of nitrogens with one attached hydrogen (secondary N) is 1. The number of carbonyl (C=O) groups is 1. The third-order valence-electron chi connectivity index (χ3n) is 6.21. The second-order valence-electron chi connectivity index (χ2n) is 8.02. The largest absolute Gasteiger partial charge is 0.334 e. The fraction of sp³-hybridized carbons (Fsp3) is 0.500. The summed E-state index contributed by atoms with van der Waals surface area (Å²) in [6, 6.07) is 6.58. The average molecular weight is 362 g/mol. The summed E-state index contributed by atoms with van der Waals surface area (Å²) in [6.07, 6.45) is 9.80. The van der Waals surface area contributed by atoms with Crippen LogP contribution < -0.4 is 5.32 Å². The third-order valence-corrected chi connectivity index (χ3v) is 6.21. The number of hydrogen-bond donors (Lipinski definition) is 1. The molecule has 3 heterocycles. The van der Waals surface area contributed by atoms with Crippen molar-refractivity contribution in [1.82, 2.24) is 20.2 Å². The van der Waals surface area contributed by atoms with E-state index in [1.54, 1.807) is 0 Å². The van der Waals surface area contributed by atoms with Gasteiger partial charge in [-0.05, 0) is 68.3 Å². The summed E-state index contributed by atoms with van der Waals surface area (Å²) in [5.74, 6) is 1.05. The van der Waals surface area contributed by atoms with E-state index in [0.717, 1.165) is 61.4 Å². The van der Waals surface area contributed by atoms with Crippen LogP contribution in [0.15, 0.2) is 24.4 Å². The predicted molar refractivity (Wildman–Crippen MR) is 104 cm³/mol. The minimum absolute atomic E-state index is 0.135. The van der Waals surface area contributed by atoms with Gasteiger partial charge in [0.05, 0.1) is 11.7 Å². The molecule has 1 saturated heterocycles. The van der Waals surface area contributed by atoms with Gasteiger partial charge in [-0.25, -0.2) is 9.97 Å². The molecule has 1 fully saturated rings. The van der Waals surface area contributed by atoms with Crippen LogP contribution in [-0.2, 0) is 25.8 Å². The van der Waals surface area contributed by atoms with Crippen LogP contribution in [0, 0.1) is 0 Å². The zero-order valence-corrected chi connectivity index (χ0v) is 15.7. The summed E-state index contributed by atoms with van der Waals surface area (Å²) < 4.78 is 0. The van der Waals surface area contributed by atoms with E-state index in [0.29, 0.717) is 12.6 Å². The second kappa shape index (κ2) is 7.04. The number of benzene rings is 1. The van der Waals surface area contributed by atoms with Crippen LogP contribution in [0.5, 0.6) is 0 Å². The van der Waals surface area contributed by atoms with Crippen molar-refractivity contribution in [1.29, 1.82) is 0 Å². The summed E-state index contributed by atoms with van der Waals surface area (Å²) in [4.78, 5) is 24.4. The van der Waals surface area contributed by atoms with E-state index >= 15 is 0 Å². The Morgan fingerprint density at radius 3 is 2.81 bits per heavy atom. The van der Waals surface area contributed by atoms with Crippen molar-refractivity contribution in [3.8, 4) is 0 Å². The van der Waals surface area contributed by atoms with Gasteiger partial charge in [0, 0.05) is 36.8 Å². The van der Waals surface area contributed by atoms with Crippen molar-refractivity contribution in [3.63, 3.8) is 0 Å². The minimum Gasteiger partial charge on any atom is -0.334 e. The molecule has 5 nitrogen and oxygen atoms in total.